The van der Waals surface area contributed by atoms with Gasteiger partial charge in [-0.05, 0) is 29.3 Å². The molecule has 2 N–H and O–H groups in total. The summed E-state index contributed by atoms with van der Waals surface area (Å²) in [6, 6.07) is 23.4. The fourth-order valence-electron chi connectivity index (χ4n) is 3.82. The Morgan fingerprint density at radius 3 is 2.06 bits per heavy atom. The first-order valence-electron chi connectivity index (χ1n) is 10.3. The van der Waals surface area contributed by atoms with Crippen LogP contribution in [0.5, 0.6) is 5.75 Å². The van der Waals surface area contributed by atoms with Crippen molar-refractivity contribution in [3.63, 3.8) is 0 Å². The van der Waals surface area contributed by atoms with Gasteiger partial charge in [-0.3, -0.25) is 9.59 Å². The van der Waals surface area contributed by atoms with Crippen LogP contribution in [0.2, 0.25) is 0 Å². The second kappa shape index (κ2) is 9.00. The first kappa shape index (κ1) is 21.8. The van der Waals surface area contributed by atoms with Crippen molar-refractivity contribution in [2.45, 2.75) is 6.04 Å². The van der Waals surface area contributed by atoms with Gasteiger partial charge >= 0.3 is 5.97 Å². The summed E-state index contributed by atoms with van der Waals surface area (Å²) in [6.07, 6.45) is 0. The lowest BCUT2D eigenvalue weighted by molar-refractivity contribution is 0.0595. The van der Waals surface area contributed by atoms with Gasteiger partial charge < -0.3 is 19.7 Å². The van der Waals surface area contributed by atoms with Crippen molar-refractivity contribution in [2.24, 2.45) is 7.05 Å². The number of hydrogen-bond donors (Lipinski definition) is 2. The zero-order valence-electron chi connectivity index (χ0n) is 18.1. The van der Waals surface area contributed by atoms with Crippen LogP contribution < -0.4 is 10.9 Å². The third kappa shape index (κ3) is 4.08. The van der Waals surface area contributed by atoms with Crippen LogP contribution in [0.25, 0.3) is 10.9 Å². The fraction of sp³-hybridized carbons (Fsp3) is 0.115. The molecule has 0 unspecified atom stereocenters. The predicted octanol–water partition coefficient (Wildman–Crippen LogP) is 3.55. The standard InChI is InChI=1S/C26H22N2O5/c1-28-20-14-13-18(15-19(20)23(29)21(25(28)31)26(32)33-2)24(30)27-22(16-9-5-3-6-10-16)17-11-7-4-8-12-17/h3-15,22,29H,1-2H3,(H,27,30). The molecule has 166 valence electrons. The van der Waals surface area contributed by atoms with E-state index in [9.17, 15) is 19.5 Å². The number of rotatable bonds is 5. The van der Waals surface area contributed by atoms with E-state index in [2.05, 4.69) is 10.1 Å². The van der Waals surface area contributed by atoms with Gasteiger partial charge in [-0.1, -0.05) is 60.7 Å². The summed E-state index contributed by atoms with van der Waals surface area (Å²) >= 11 is 0. The maximum atomic E-state index is 13.2. The number of pyridine rings is 1. The number of amides is 1. The number of nitrogens with zero attached hydrogens (tertiary/aromatic N) is 1. The molecule has 3 aromatic carbocycles. The van der Waals surface area contributed by atoms with Gasteiger partial charge in [0.1, 0.15) is 5.75 Å². The van der Waals surface area contributed by atoms with Crippen molar-refractivity contribution in [3.05, 3.63) is 111 Å². The second-order valence-corrected chi connectivity index (χ2v) is 7.54. The summed E-state index contributed by atoms with van der Waals surface area (Å²) in [5.41, 5.74) is 1.31. The Hall–Kier alpha value is -4.39. The minimum atomic E-state index is -0.946. The number of aromatic nitrogens is 1. The van der Waals surface area contributed by atoms with Crippen molar-refractivity contribution in [2.75, 3.05) is 7.11 Å². The van der Waals surface area contributed by atoms with Crippen LogP contribution in [-0.2, 0) is 11.8 Å². The zero-order chi connectivity index (χ0) is 23.5. The Morgan fingerprint density at radius 2 is 1.52 bits per heavy atom. The molecule has 1 amide bonds. The Balaban J connectivity index is 1.77. The third-order valence-electron chi connectivity index (χ3n) is 5.56. The number of ether oxygens (including phenoxy) is 1. The number of aromatic hydroxyl groups is 1. The Morgan fingerprint density at radius 1 is 0.939 bits per heavy atom. The van der Waals surface area contributed by atoms with Gasteiger partial charge in [0.2, 0.25) is 0 Å². The number of benzene rings is 3. The molecule has 4 aromatic rings. The van der Waals surface area contributed by atoms with Crippen LogP contribution in [0, 0.1) is 0 Å². The van der Waals surface area contributed by atoms with Gasteiger partial charge in [0.25, 0.3) is 11.5 Å². The monoisotopic (exact) mass is 442 g/mol. The third-order valence-corrected chi connectivity index (χ3v) is 5.56. The van der Waals surface area contributed by atoms with E-state index in [4.69, 9.17) is 0 Å². The van der Waals surface area contributed by atoms with E-state index in [0.29, 0.717) is 5.52 Å². The number of aryl methyl sites for hydroxylation is 1. The largest absolute Gasteiger partial charge is 0.506 e. The number of hydrogen-bond acceptors (Lipinski definition) is 5. The van der Waals surface area contributed by atoms with Crippen molar-refractivity contribution >= 4 is 22.8 Å². The molecule has 0 saturated heterocycles. The van der Waals surface area contributed by atoms with Gasteiger partial charge in [0, 0.05) is 18.0 Å². The molecule has 0 fully saturated rings. The number of methoxy groups -OCH3 is 1. The average Bonchev–Trinajstić information content (AvgIpc) is 2.86. The minimum Gasteiger partial charge on any atom is -0.506 e. The molecule has 1 aromatic heterocycles. The molecule has 1 heterocycles. The molecule has 0 aliphatic carbocycles. The average molecular weight is 442 g/mol. The number of fused-ring (bicyclic) bond motifs is 1. The van der Waals surface area contributed by atoms with E-state index in [0.717, 1.165) is 18.2 Å². The molecule has 0 atom stereocenters. The van der Waals surface area contributed by atoms with Crippen LogP contribution >= 0.6 is 0 Å². The molecule has 7 nitrogen and oxygen atoms in total. The van der Waals surface area contributed by atoms with E-state index in [1.165, 1.54) is 17.7 Å². The number of carbonyl (C=O) groups excluding carboxylic acids is 2. The quantitative estimate of drug-likeness (QED) is 0.461. The van der Waals surface area contributed by atoms with Crippen molar-refractivity contribution in [1.29, 1.82) is 0 Å². The van der Waals surface area contributed by atoms with Gasteiger partial charge in [-0.2, -0.15) is 0 Å². The molecule has 0 saturated carbocycles. The fourth-order valence-corrected chi connectivity index (χ4v) is 3.82. The zero-order valence-corrected chi connectivity index (χ0v) is 18.1. The lowest BCUT2D eigenvalue weighted by atomic mass is 9.98. The highest BCUT2D eigenvalue weighted by Crippen LogP contribution is 2.28. The Kier molecular flexibility index (Phi) is 5.95. The van der Waals surface area contributed by atoms with Crippen LogP contribution in [-0.4, -0.2) is 28.7 Å². The highest BCUT2D eigenvalue weighted by atomic mass is 16.5. The highest BCUT2D eigenvalue weighted by Gasteiger charge is 2.23. The van der Waals surface area contributed by atoms with Crippen LogP contribution in [0.15, 0.2) is 83.7 Å². The van der Waals surface area contributed by atoms with Gasteiger partial charge in [0.15, 0.2) is 5.56 Å². The maximum Gasteiger partial charge on any atom is 0.347 e. The number of esters is 1. The smallest absolute Gasteiger partial charge is 0.347 e. The lowest BCUT2D eigenvalue weighted by Crippen LogP contribution is -2.29. The molecule has 0 radical (unpaired) electrons. The van der Waals surface area contributed by atoms with Gasteiger partial charge in [-0.15, -0.1) is 0 Å². The van der Waals surface area contributed by atoms with E-state index >= 15 is 0 Å². The normalized spacial score (nSPS) is 10.9. The summed E-state index contributed by atoms with van der Waals surface area (Å²) in [5.74, 6) is -1.84. The molecular weight excluding hydrogens is 420 g/mol. The molecule has 0 spiro atoms. The first-order valence-corrected chi connectivity index (χ1v) is 10.3. The number of nitrogens with one attached hydrogen (secondary N) is 1. The topological polar surface area (TPSA) is 97.6 Å². The van der Waals surface area contributed by atoms with Gasteiger partial charge in [-0.25, -0.2) is 4.79 Å². The van der Waals surface area contributed by atoms with Crippen molar-refractivity contribution in [1.82, 2.24) is 9.88 Å². The van der Waals surface area contributed by atoms with Crippen molar-refractivity contribution < 1.29 is 19.4 Å². The summed E-state index contributed by atoms with van der Waals surface area (Å²) in [7, 11) is 2.61. The summed E-state index contributed by atoms with van der Waals surface area (Å²) in [5, 5.41) is 13.9. The van der Waals surface area contributed by atoms with E-state index in [-0.39, 0.29) is 16.9 Å². The molecule has 0 aliphatic heterocycles. The first-order chi connectivity index (χ1) is 15.9. The van der Waals surface area contributed by atoms with Crippen LogP contribution in [0.3, 0.4) is 0 Å². The number of carbonyl (C=O) groups is 2. The summed E-state index contributed by atoms with van der Waals surface area (Å²) < 4.78 is 5.87. The summed E-state index contributed by atoms with van der Waals surface area (Å²) in [4.78, 5) is 37.8. The molecule has 33 heavy (non-hydrogen) atoms. The second-order valence-electron chi connectivity index (χ2n) is 7.54. The van der Waals surface area contributed by atoms with E-state index in [1.54, 1.807) is 12.1 Å². The van der Waals surface area contributed by atoms with Crippen LogP contribution in [0.1, 0.15) is 37.9 Å². The van der Waals surface area contributed by atoms with E-state index < -0.39 is 28.9 Å². The minimum absolute atomic E-state index is 0.195. The highest BCUT2D eigenvalue weighted by molar-refractivity contribution is 6.03. The molecular formula is C26H22N2O5. The Labute approximate surface area is 189 Å². The van der Waals surface area contributed by atoms with E-state index in [1.807, 2.05) is 60.7 Å². The molecule has 0 bridgehead atoms. The molecule has 4 rings (SSSR count). The van der Waals surface area contributed by atoms with Crippen LogP contribution in [0.4, 0.5) is 0 Å². The Bertz CT molecular complexity index is 1360. The predicted molar refractivity (Wildman–Crippen MR) is 124 cm³/mol. The molecule has 7 heteroatoms. The summed E-state index contributed by atoms with van der Waals surface area (Å²) in [6.45, 7) is 0. The SMILES string of the molecule is COC(=O)c1c(O)c2cc(C(=O)NC(c3ccccc3)c3ccccc3)ccc2n(C)c1=O. The maximum absolute atomic E-state index is 13.2. The molecule has 0 aliphatic rings. The van der Waals surface area contributed by atoms with Gasteiger partial charge in [0.05, 0.1) is 18.7 Å². The van der Waals surface area contributed by atoms with Crippen molar-refractivity contribution in [3.8, 4) is 5.75 Å². The lowest BCUT2D eigenvalue weighted by Gasteiger charge is -2.20.